The first-order valence-electron chi connectivity index (χ1n) is 15.9. The third kappa shape index (κ3) is 22.3. The summed E-state index contributed by atoms with van der Waals surface area (Å²) in [5.41, 5.74) is 0. The largest absolute Gasteiger partial charge is 0.340 e. The second kappa shape index (κ2) is 27.1. The van der Waals surface area contributed by atoms with E-state index in [0.29, 0.717) is 24.8 Å². The number of nitrogens with zero attached hydrogens (tertiary/aromatic N) is 2. The van der Waals surface area contributed by atoms with Crippen LogP contribution in [0.3, 0.4) is 0 Å². The number of aldehydes is 1. The molecule has 1 atom stereocenters. The van der Waals surface area contributed by atoms with E-state index in [1.54, 1.807) is 0 Å². The minimum absolute atomic E-state index is 0.376. The van der Waals surface area contributed by atoms with Gasteiger partial charge in [-0.25, -0.2) is 0 Å². The Balaban J connectivity index is 4.87. The Bertz CT molecular complexity index is 481. The molecule has 0 bridgehead atoms. The highest BCUT2D eigenvalue weighted by molar-refractivity contribution is 5.76. The number of amides is 1. The molecule has 214 valence electrons. The molecule has 0 aromatic carbocycles. The van der Waals surface area contributed by atoms with Crippen LogP contribution in [-0.4, -0.2) is 55.2 Å². The average molecular weight is 509 g/mol. The summed E-state index contributed by atoms with van der Waals surface area (Å²) in [6.45, 7) is 6.46. The maximum Gasteiger partial charge on any atom is 0.222 e. The first-order chi connectivity index (χ1) is 17.6. The Labute approximate surface area is 226 Å². The highest BCUT2D eigenvalue weighted by Crippen LogP contribution is 2.21. The normalized spacial score (nSPS) is 12.2. The Morgan fingerprint density at radius 1 is 0.611 bits per heavy atom. The minimum Gasteiger partial charge on any atom is -0.340 e. The topological polar surface area (TPSA) is 40.6 Å². The predicted molar refractivity (Wildman–Crippen MR) is 158 cm³/mol. The van der Waals surface area contributed by atoms with Crippen molar-refractivity contribution in [2.75, 3.05) is 27.2 Å². The summed E-state index contributed by atoms with van der Waals surface area (Å²) in [4.78, 5) is 28.6. The van der Waals surface area contributed by atoms with Gasteiger partial charge in [0.1, 0.15) is 6.29 Å². The fourth-order valence-electron chi connectivity index (χ4n) is 5.19. The smallest absolute Gasteiger partial charge is 0.222 e. The molecule has 36 heavy (non-hydrogen) atoms. The van der Waals surface area contributed by atoms with Crippen molar-refractivity contribution in [1.29, 1.82) is 0 Å². The van der Waals surface area contributed by atoms with Gasteiger partial charge in [-0.2, -0.15) is 0 Å². The van der Waals surface area contributed by atoms with Gasteiger partial charge in [0.2, 0.25) is 5.91 Å². The fourth-order valence-corrected chi connectivity index (χ4v) is 5.19. The second-order valence-electron chi connectivity index (χ2n) is 11.3. The highest BCUT2D eigenvalue weighted by atomic mass is 16.2. The van der Waals surface area contributed by atoms with E-state index in [2.05, 4.69) is 37.7 Å². The molecular weight excluding hydrogens is 444 g/mol. The van der Waals surface area contributed by atoms with Crippen molar-refractivity contribution in [3.8, 4) is 0 Å². The minimum atomic E-state index is 0.376. The number of hydrogen-bond donors (Lipinski definition) is 0. The van der Waals surface area contributed by atoms with Gasteiger partial charge in [-0.15, -0.1) is 0 Å². The molecule has 1 unspecified atom stereocenters. The maximum atomic E-state index is 13.4. The van der Waals surface area contributed by atoms with Crippen molar-refractivity contribution < 1.29 is 9.59 Å². The third-order valence-corrected chi connectivity index (χ3v) is 7.51. The molecule has 0 aliphatic carbocycles. The van der Waals surface area contributed by atoms with E-state index < -0.39 is 0 Å². The Kier molecular flexibility index (Phi) is 26.5. The SMILES string of the molecule is CCCCCCCCCCN(C(=O)CCCN(C)C)C(CCCCCC=O)CCCCCCCCC. The van der Waals surface area contributed by atoms with E-state index >= 15 is 0 Å². The second-order valence-corrected chi connectivity index (χ2v) is 11.3. The van der Waals surface area contributed by atoms with Crippen LogP contribution in [0.2, 0.25) is 0 Å². The van der Waals surface area contributed by atoms with Crippen LogP contribution in [0.1, 0.15) is 162 Å². The van der Waals surface area contributed by atoms with Crippen LogP contribution in [0, 0.1) is 0 Å². The van der Waals surface area contributed by atoms with Gasteiger partial charge in [-0.3, -0.25) is 4.79 Å². The van der Waals surface area contributed by atoms with E-state index in [1.165, 1.54) is 89.9 Å². The van der Waals surface area contributed by atoms with Gasteiger partial charge in [0, 0.05) is 25.4 Å². The lowest BCUT2D eigenvalue weighted by molar-refractivity contribution is -0.134. The highest BCUT2D eigenvalue weighted by Gasteiger charge is 2.22. The van der Waals surface area contributed by atoms with Gasteiger partial charge in [0.05, 0.1) is 0 Å². The zero-order chi connectivity index (χ0) is 26.7. The van der Waals surface area contributed by atoms with Crippen molar-refractivity contribution in [1.82, 2.24) is 9.80 Å². The van der Waals surface area contributed by atoms with Crippen molar-refractivity contribution in [2.24, 2.45) is 0 Å². The molecule has 0 aliphatic heterocycles. The molecular formula is C32H64N2O2. The molecule has 0 spiro atoms. The van der Waals surface area contributed by atoms with E-state index in [9.17, 15) is 9.59 Å². The summed E-state index contributed by atoms with van der Waals surface area (Å²) in [5, 5.41) is 0. The molecule has 0 N–H and O–H groups in total. The first-order valence-corrected chi connectivity index (χ1v) is 15.9. The van der Waals surface area contributed by atoms with Crippen LogP contribution in [0.5, 0.6) is 0 Å². The molecule has 0 aromatic heterocycles. The Morgan fingerprint density at radius 3 is 1.58 bits per heavy atom. The van der Waals surface area contributed by atoms with Crippen LogP contribution in [0.25, 0.3) is 0 Å². The van der Waals surface area contributed by atoms with Crippen LogP contribution in [0.15, 0.2) is 0 Å². The van der Waals surface area contributed by atoms with E-state index in [4.69, 9.17) is 0 Å². The van der Waals surface area contributed by atoms with E-state index in [-0.39, 0.29) is 0 Å². The molecule has 0 aliphatic rings. The molecule has 0 saturated heterocycles. The summed E-state index contributed by atoms with van der Waals surface area (Å²) < 4.78 is 0. The molecule has 1 amide bonds. The van der Waals surface area contributed by atoms with Crippen LogP contribution in [0.4, 0.5) is 0 Å². The number of carbonyl (C=O) groups is 2. The van der Waals surface area contributed by atoms with Gasteiger partial charge in [0.25, 0.3) is 0 Å². The lowest BCUT2D eigenvalue weighted by atomic mass is 9.98. The molecule has 0 heterocycles. The fraction of sp³-hybridized carbons (Fsp3) is 0.938. The summed E-state index contributed by atoms with van der Waals surface area (Å²) in [5.74, 6) is 0.376. The van der Waals surface area contributed by atoms with Crippen LogP contribution in [-0.2, 0) is 9.59 Å². The molecule has 4 nitrogen and oxygen atoms in total. The number of rotatable bonds is 28. The van der Waals surface area contributed by atoms with Gasteiger partial charge in [-0.05, 0) is 52.7 Å². The lowest BCUT2D eigenvalue weighted by Crippen LogP contribution is -2.41. The average Bonchev–Trinajstić information content (AvgIpc) is 2.86. The molecule has 0 radical (unpaired) electrons. The standard InChI is InChI=1S/C32H64N2O2/c1-5-7-9-11-13-15-18-22-29-34(32(36)27-24-28-33(3)4)31(26-21-17-19-23-30-35)25-20-16-14-12-10-8-6-2/h30-31H,5-29H2,1-4H3. The lowest BCUT2D eigenvalue weighted by Gasteiger charge is -2.33. The predicted octanol–water partition coefficient (Wildman–Crippen LogP) is 8.96. The van der Waals surface area contributed by atoms with E-state index in [0.717, 1.165) is 64.3 Å². The van der Waals surface area contributed by atoms with E-state index in [1.807, 2.05) is 0 Å². The van der Waals surface area contributed by atoms with Gasteiger partial charge >= 0.3 is 0 Å². The zero-order valence-electron chi connectivity index (χ0n) is 25.0. The van der Waals surface area contributed by atoms with Crippen molar-refractivity contribution in [3.63, 3.8) is 0 Å². The van der Waals surface area contributed by atoms with Crippen LogP contribution < -0.4 is 0 Å². The zero-order valence-corrected chi connectivity index (χ0v) is 25.0. The molecule has 4 heteroatoms. The summed E-state index contributed by atoms with van der Waals surface area (Å²) in [6.07, 6.45) is 28.5. The van der Waals surface area contributed by atoms with Crippen molar-refractivity contribution >= 4 is 12.2 Å². The van der Waals surface area contributed by atoms with Crippen molar-refractivity contribution in [3.05, 3.63) is 0 Å². The van der Waals surface area contributed by atoms with Crippen LogP contribution >= 0.6 is 0 Å². The number of hydrogen-bond acceptors (Lipinski definition) is 3. The summed E-state index contributed by atoms with van der Waals surface area (Å²) >= 11 is 0. The monoisotopic (exact) mass is 508 g/mol. The first kappa shape index (κ1) is 35.1. The van der Waals surface area contributed by atoms with Crippen molar-refractivity contribution in [2.45, 2.75) is 168 Å². The molecule has 0 rings (SSSR count). The maximum absolute atomic E-state index is 13.4. The van der Waals surface area contributed by atoms with Gasteiger partial charge in [0.15, 0.2) is 0 Å². The Morgan fingerprint density at radius 2 is 1.08 bits per heavy atom. The molecule has 0 saturated carbocycles. The molecule has 0 fully saturated rings. The van der Waals surface area contributed by atoms with Gasteiger partial charge in [-0.1, -0.05) is 117 Å². The summed E-state index contributed by atoms with van der Waals surface area (Å²) in [7, 11) is 4.18. The Hall–Kier alpha value is -0.900. The number of unbranched alkanes of at least 4 members (excludes halogenated alkanes) is 16. The quantitative estimate of drug-likeness (QED) is 0.0782. The third-order valence-electron chi connectivity index (χ3n) is 7.51. The van der Waals surface area contributed by atoms with Gasteiger partial charge < -0.3 is 14.6 Å². The summed E-state index contributed by atoms with van der Waals surface area (Å²) in [6, 6.07) is 0.383. The molecule has 0 aromatic rings. The number of carbonyl (C=O) groups excluding carboxylic acids is 2.